The fourth-order valence-corrected chi connectivity index (χ4v) is 0.947. The maximum atomic E-state index is 9.08. The molecule has 2 atom stereocenters. The molecule has 0 aliphatic carbocycles. The van der Waals surface area contributed by atoms with E-state index in [1.54, 1.807) is 6.92 Å². The first-order valence-electron chi connectivity index (χ1n) is 3.80. The second-order valence-electron chi connectivity index (χ2n) is 3.83. The zero-order valence-corrected chi connectivity index (χ0v) is 7.39. The molecule has 0 bridgehead atoms. The Hall–Kier alpha value is -0.0800. The zero-order chi connectivity index (χ0) is 8.36. The molecule has 0 rings (SSSR count). The van der Waals surface area contributed by atoms with Crippen molar-refractivity contribution in [3.05, 3.63) is 0 Å². The van der Waals surface area contributed by atoms with Crippen LogP contribution in [-0.4, -0.2) is 17.3 Å². The highest BCUT2D eigenvalue weighted by Crippen LogP contribution is 2.24. The quantitative estimate of drug-likeness (QED) is 0.625. The fourth-order valence-electron chi connectivity index (χ4n) is 0.947. The Morgan fingerprint density at radius 1 is 1.40 bits per heavy atom. The van der Waals surface area contributed by atoms with Crippen LogP contribution in [0.4, 0.5) is 0 Å². The van der Waals surface area contributed by atoms with Gasteiger partial charge in [-0.3, -0.25) is 0 Å². The van der Waals surface area contributed by atoms with E-state index < -0.39 is 0 Å². The Labute approximate surface area is 63.4 Å². The van der Waals surface area contributed by atoms with Crippen LogP contribution in [0.3, 0.4) is 0 Å². The number of nitrogens with two attached hydrogens (primary N) is 1. The molecule has 0 saturated carbocycles. The van der Waals surface area contributed by atoms with Crippen LogP contribution in [0, 0.1) is 5.41 Å². The van der Waals surface area contributed by atoms with E-state index in [9.17, 15) is 0 Å². The van der Waals surface area contributed by atoms with Crippen molar-refractivity contribution in [2.45, 2.75) is 46.3 Å². The van der Waals surface area contributed by atoms with E-state index in [0.29, 0.717) is 0 Å². The van der Waals surface area contributed by atoms with Gasteiger partial charge in [0, 0.05) is 6.04 Å². The van der Waals surface area contributed by atoms with Crippen LogP contribution in [0.25, 0.3) is 0 Å². The van der Waals surface area contributed by atoms with Crippen molar-refractivity contribution in [2.24, 2.45) is 11.1 Å². The van der Waals surface area contributed by atoms with Gasteiger partial charge in [-0.05, 0) is 25.7 Å². The molecule has 2 nitrogen and oxygen atoms in total. The van der Waals surface area contributed by atoms with E-state index in [-0.39, 0.29) is 17.6 Å². The van der Waals surface area contributed by atoms with Crippen molar-refractivity contribution in [3.63, 3.8) is 0 Å². The lowest BCUT2D eigenvalue weighted by Gasteiger charge is -2.30. The van der Waals surface area contributed by atoms with E-state index in [0.717, 1.165) is 6.42 Å². The molecule has 0 unspecified atom stereocenters. The van der Waals surface area contributed by atoms with Crippen LogP contribution < -0.4 is 5.73 Å². The third-order valence-electron chi connectivity index (χ3n) is 2.05. The van der Waals surface area contributed by atoms with Gasteiger partial charge in [-0.2, -0.15) is 0 Å². The molecule has 0 radical (unpaired) electrons. The first-order valence-corrected chi connectivity index (χ1v) is 3.80. The second kappa shape index (κ2) is 3.35. The van der Waals surface area contributed by atoms with E-state index in [1.807, 2.05) is 6.92 Å². The first-order chi connectivity index (χ1) is 4.36. The molecule has 0 spiro atoms. The van der Waals surface area contributed by atoms with E-state index in [4.69, 9.17) is 10.8 Å². The topological polar surface area (TPSA) is 46.2 Å². The highest BCUT2D eigenvalue weighted by Gasteiger charge is 2.24. The molecule has 0 amide bonds. The van der Waals surface area contributed by atoms with E-state index in [1.165, 1.54) is 0 Å². The molecule has 0 aliphatic heterocycles. The molecule has 0 aromatic heterocycles. The summed E-state index contributed by atoms with van der Waals surface area (Å²) in [4.78, 5) is 0. The Bertz CT molecular complexity index is 97.4. The summed E-state index contributed by atoms with van der Waals surface area (Å²) >= 11 is 0. The lowest BCUT2D eigenvalue weighted by atomic mass is 9.81. The van der Waals surface area contributed by atoms with Crippen LogP contribution in [0.15, 0.2) is 0 Å². The molecule has 62 valence electrons. The summed E-state index contributed by atoms with van der Waals surface area (Å²) in [6.45, 7) is 7.92. The Morgan fingerprint density at radius 2 is 1.80 bits per heavy atom. The standard InChI is InChI=1S/C8H19NO/c1-6(10)5-8(3,4)7(2)9/h6-7,10H,5,9H2,1-4H3/t6-,7+/m1/s1. The molecule has 0 aromatic rings. The van der Waals surface area contributed by atoms with Gasteiger partial charge < -0.3 is 10.8 Å². The largest absolute Gasteiger partial charge is 0.393 e. The van der Waals surface area contributed by atoms with Crippen LogP contribution >= 0.6 is 0 Å². The van der Waals surface area contributed by atoms with Gasteiger partial charge >= 0.3 is 0 Å². The van der Waals surface area contributed by atoms with Gasteiger partial charge in [0.1, 0.15) is 0 Å². The van der Waals surface area contributed by atoms with Crippen molar-refractivity contribution in [1.29, 1.82) is 0 Å². The van der Waals surface area contributed by atoms with Gasteiger partial charge in [0.05, 0.1) is 6.10 Å². The molecule has 10 heavy (non-hydrogen) atoms. The van der Waals surface area contributed by atoms with Crippen molar-refractivity contribution in [1.82, 2.24) is 0 Å². The molecule has 3 N–H and O–H groups in total. The maximum Gasteiger partial charge on any atom is 0.0517 e. The number of aliphatic hydroxyl groups is 1. The Balaban J connectivity index is 3.87. The van der Waals surface area contributed by atoms with Gasteiger partial charge in [-0.25, -0.2) is 0 Å². The van der Waals surface area contributed by atoms with Crippen molar-refractivity contribution < 1.29 is 5.11 Å². The van der Waals surface area contributed by atoms with Crippen molar-refractivity contribution in [2.75, 3.05) is 0 Å². The van der Waals surface area contributed by atoms with Crippen molar-refractivity contribution >= 4 is 0 Å². The first kappa shape index (κ1) is 9.92. The summed E-state index contributed by atoms with van der Waals surface area (Å²) < 4.78 is 0. The highest BCUT2D eigenvalue weighted by molar-refractivity contribution is 4.79. The average molecular weight is 145 g/mol. The molecule has 0 heterocycles. The number of aliphatic hydroxyl groups excluding tert-OH is 1. The Kier molecular flexibility index (Phi) is 3.33. The minimum atomic E-state index is -0.249. The minimum Gasteiger partial charge on any atom is -0.393 e. The molecule has 0 aromatic carbocycles. The summed E-state index contributed by atoms with van der Waals surface area (Å²) in [7, 11) is 0. The predicted octanol–water partition coefficient (Wildman–Crippen LogP) is 1.13. The lowest BCUT2D eigenvalue weighted by Crippen LogP contribution is -2.36. The summed E-state index contributed by atoms with van der Waals surface area (Å²) in [5.74, 6) is 0. The number of hydrogen-bond acceptors (Lipinski definition) is 2. The molecular weight excluding hydrogens is 126 g/mol. The third kappa shape index (κ3) is 3.18. The number of rotatable bonds is 3. The lowest BCUT2D eigenvalue weighted by molar-refractivity contribution is 0.117. The van der Waals surface area contributed by atoms with Crippen molar-refractivity contribution in [3.8, 4) is 0 Å². The monoisotopic (exact) mass is 145 g/mol. The smallest absolute Gasteiger partial charge is 0.0517 e. The van der Waals surface area contributed by atoms with Crippen LogP contribution in [-0.2, 0) is 0 Å². The minimum absolute atomic E-state index is 0.0498. The third-order valence-corrected chi connectivity index (χ3v) is 2.05. The summed E-state index contributed by atoms with van der Waals surface area (Å²) in [5, 5.41) is 9.08. The van der Waals surface area contributed by atoms with Crippen LogP contribution in [0.2, 0.25) is 0 Å². The highest BCUT2D eigenvalue weighted by atomic mass is 16.3. The predicted molar refractivity (Wildman–Crippen MR) is 43.7 cm³/mol. The average Bonchev–Trinajstić information content (AvgIpc) is 1.60. The molecule has 0 saturated heterocycles. The van der Waals surface area contributed by atoms with E-state index >= 15 is 0 Å². The fraction of sp³-hybridized carbons (Fsp3) is 1.00. The van der Waals surface area contributed by atoms with Gasteiger partial charge in [0.2, 0.25) is 0 Å². The van der Waals surface area contributed by atoms with E-state index in [2.05, 4.69) is 13.8 Å². The summed E-state index contributed by atoms with van der Waals surface area (Å²) in [6, 6.07) is 0.141. The summed E-state index contributed by atoms with van der Waals surface area (Å²) in [5.41, 5.74) is 5.76. The van der Waals surface area contributed by atoms with Gasteiger partial charge in [-0.15, -0.1) is 0 Å². The molecule has 0 aliphatic rings. The normalized spacial score (nSPS) is 18.6. The second-order valence-corrected chi connectivity index (χ2v) is 3.83. The van der Waals surface area contributed by atoms with Gasteiger partial charge in [0.15, 0.2) is 0 Å². The zero-order valence-electron chi connectivity index (χ0n) is 7.39. The Morgan fingerprint density at radius 3 is 1.90 bits per heavy atom. The van der Waals surface area contributed by atoms with Crippen LogP contribution in [0.1, 0.15) is 34.1 Å². The molecular formula is C8H19NO. The summed E-state index contributed by atoms with van der Waals surface area (Å²) in [6.07, 6.45) is 0.519. The maximum absolute atomic E-state index is 9.08. The van der Waals surface area contributed by atoms with Gasteiger partial charge in [-0.1, -0.05) is 13.8 Å². The SMILES string of the molecule is C[C@H](N)C(C)(C)C[C@@H](C)O. The van der Waals surface area contributed by atoms with Crippen LogP contribution in [0.5, 0.6) is 0 Å². The van der Waals surface area contributed by atoms with Gasteiger partial charge in [0.25, 0.3) is 0 Å². The number of hydrogen-bond donors (Lipinski definition) is 2. The molecule has 2 heteroatoms. The molecule has 0 fully saturated rings.